The Morgan fingerprint density at radius 1 is 0.432 bits per heavy atom. The molecule has 1 rings (SSSR count). The number of aliphatic hydroxyl groups is 5. The summed E-state index contributed by atoms with van der Waals surface area (Å²) in [4.78, 5) is 13.1. The zero-order valence-corrected chi connectivity index (χ0v) is 52.5. The Balaban J connectivity index is 2.16. The van der Waals surface area contributed by atoms with Crippen LogP contribution in [0.2, 0.25) is 0 Å². The van der Waals surface area contributed by atoms with E-state index in [9.17, 15) is 30.3 Å². The number of carbonyl (C=O) groups is 1. The SMILES string of the molecule is CC/C=C\C/C=C\C/C=C\C/C=C\C/C=C\C/C=C\C/C=C\CCCCCCCC(=O)NC(COC1OC(CO)C(O)C(O)C1O)C(O)CCCCCCCCCCCCCCCCCCCCCCCCCCCCCCCCC. The first kappa shape index (κ1) is 76.4. The number of amides is 1. The first-order chi connectivity index (χ1) is 39.8. The van der Waals surface area contributed by atoms with Gasteiger partial charge in [-0.25, -0.2) is 0 Å². The van der Waals surface area contributed by atoms with Crippen molar-refractivity contribution < 1.29 is 39.8 Å². The lowest BCUT2D eigenvalue weighted by molar-refractivity contribution is -0.302. The van der Waals surface area contributed by atoms with E-state index in [2.05, 4.69) is 104 Å². The van der Waals surface area contributed by atoms with Crippen molar-refractivity contribution >= 4 is 5.91 Å². The van der Waals surface area contributed by atoms with Gasteiger partial charge < -0.3 is 40.3 Å². The Kier molecular flexibility index (Phi) is 57.0. The molecule has 9 heteroatoms. The third-order valence-electron chi connectivity index (χ3n) is 16.0. The standard InChI is InChI=1S/C72H129NO8/c1-3-5-7-9-11-13-15-17-19-21-23-25-27-29-31-32-33-34-36-37-39-41-43-45-47-49-51-53-55-57-59-61-66(75)65(64-80-72-71(79)70(78)69(77)67(63-74)81-72)73-68(76)62-60-58-56-54-52-50-48-46-44-42-40-38-35-30-28-26-24-22-20-18-16-14-12-10-8-6-4-2/h6,8,12,14,18,20,24,26,30,35,40,42,46,48,65-67,69-72,74-75,77-79H,3-5,7,9-11,13,15-17,19,21-23,25,27-29,31-34,36-39,41,43-45,47,49-64H2,1-2H3,(H,73,76)/b8-6-,14-12-,20-18-,26-24-,35-30-,42-40-,48-46-. The topological polar surface area (TPSA) is 149 Å². The molecule has 7 atom stereocenters. The van der Waals surface area contributed by atoms with E-state index in [1.54, 1.807) is 0 Å². The van der Waals surface area contributed by atoms with Crippen LogP contribution in [0.3, 0.4) is 0 Å². The molecule has 1 saturated heterocycles. The number of carbonyl (C=O) groups excluding carboxylic acids is 1. The van der Waals surface area contributed by atoms with E-state index < -0.39 is 49.5 Å². The number of hydrogen-bond acceptors (Lipinski definition) is 8. The summed E-state index contributed by atoms with van der Waals surface area (Å²) < 4.78 is 11.4. The second-order valence-electron chi connectivity index (χ2n) is 23.6. The monoisotopic (exact) mass is 1140 g/mol. The fraction of sp³-hybridized carbons (Fsp3) is 0.792. The molecule has 0 spiro atoms. The maximum atomic E-state index is 13.1. The van der Waals surface area contributed by atoms with Crippen LogP contribution in [0.5, 0.6) is 0 Å². The van der Waals surface area contributed by atoms with Crippen LogP contribution in [-0.4, -0.2) is 87.5 Å². The highest BCUT2D eigenvalue weighted by atomic mass is 16.7. The van der Waals surface area contributed by atoms with Crippen molar-refractivity contribution in [2.45, 2.75) is 352 Å². The fourth-order valence-electron chi connectivity index (χ4n) is 10.7. The molecule has 0 bridgehead atoms. The van der Waals surface area contributed by atoms with Gasteiger partial charge in [-0.3, -0.25) is 4.79 Å². The summed E-state index contributed by atoms with van der Waals surface area (Å²) in [7, 11) is 0. The number of allylic oxidation sites excluding steroid dienone is 14. The number of hydrogen-bond donors (Lipinski definition) is 6. The van der Waals surface area contributed by atoms with Crippen LogP contribution in [0.4, 0.5) is 0 Å². The van der Waals surface area contributed by atoms with E-state index in [4.69, 9.17) is 9.47 Å². The molecule has 7 unspecified atom stereocenters. The minimum atomic E-state index is -1.56. The summed E-state index contributed by atoms with van der Waals surface area (Å²) in [5, 5.41) is 54.9. The Bertz CT molecular complexity index is 1550. The van der Waals surface area contributed by atoms with Crippen molar-refractivity contribution in [3.8, 4) is 0 Å². The molecule has 0 aliphatic carbocycles. The van der Waals surface area contributed by atoms with Crippen molar-refractivity contribution in [1.29, 1.82) is 0 Å². The van der Waals surface area contributed by atoms with Gasteiger partial charge in [0.15, 0.2) is 6.29 Å². The van der Waals surface area contributed by atoms with E-state index in [0.717, 1.165) is 103 Å². The van der Waals surface area contributed by atoms with Crippen LogP contribution in [0.15, 0.2) is 85.1 Å². The van der Waals surface area contributed by atoms with Gasteiger partial charge in [-0.1, -0.05) is 317 Å². The lowest BCUT2D eigenvalue weighted by atomic mass is 9.99. The smallest absolute Gasteiger partial charge is 0.220 e. The van der Waals surface area contributed by atoms with Crippen LogP contribution in [0.1, 0.15) is 309 Å². The molecule has 1 aliphatic rings. The van der Waals surface area contributed by atoms with E-state index in [1.165, 1.54) is 180 Å². The average Bonchev–Trinajstić information content (AvgIpc) is 3.48. The lowest BCUT2D eigenvalue weighted by Crippen LogP contribution is -2.60. The van der Waals surface area contributed by atoms with Crippen LogP contribution in [0, 0.1) is 0 Å². The summed E-state index contributed by atoms with van der Waals surface area (Å²) in [5.41, 5.74) is 0. The van der Waals surface area contributed by atoms with Crippen molar-refractivity contribution in [1.82, 2.24) is 5.32 Å². The Morgan fingerprint density at radius 3 is 1.14 bits per heavy atom. The first-order valence-corrected chi connectivity index (χ1v) is 34.3. The molecule has 9 nitrogen and oxygen atoms in total. The molecule has 81 heavy (non-hydrogen) atoms. The molecule has 0 saturated carbocycles. The van der Waals surface area contributed by atoms with Gasteiger partial charge in [0.2, 0.25) is 5.91 Å². The zero-order valence-electron chi connectivity index (χ0n) is 52.5. The largest absolute Gasteiger partial charge is 0.394 e. The van der Waals surface area contributed by atoms with Crippen LogP contribution in [-0.2, 0) is 14.3 Å². The lowest BCUT2D eigenvalue weighted by Gasteiger charge is -2.40. The van der Waals surface area contributed by atoms with Gasteiger partial charge in [0.05, 0.1) is 25.4 Å². The Morgan fingerprint density at radius 2 is 0.765 bits per heavy atom. The summed E-state index contributed by atoms with van der Waals surface area (Å²) in [6, 6.07) is -0.738. The average molecular weight is 1140 g/mol. The van der Waals surface area contributed by atoms with Gasteiger partial charge in [0.1, 0.15) is 24.4 Å². The highest BCUT2D eigenvalue weighted by Gasteiger charge is 2.44. The highest BCUT2D eigenvalue weighted by molar-refractivity contribution is 5.76. The molecule has 1 fully saturated rings. The number of aliphatic hydroxyl groups excluding tert-OH is 5. The highest BCUT2D eigenvalue weighted by Crippen LogP contribution is 2.23. The zero-order chi connectivity index (χ0) is 58.6. The minimum absolute atomic E-state index is 0.150. The molecule has 1 heterocycles. The minimum Gasteiger partial charge on any atom is -0.394 e. The molecular formula is C72H129NO8. The molecule has 6 N–H and O–H groups in total. The summed E-state index contributed by atoms with van der Waals surface area (Å²) in [5.74, 6) is -0.162. The number of unbranched alkanes of at least 4 members (excludes halogenated alkanes) is 35. The van der Waals surface area contributed by atoms with Gasteiger partial charge in [0.25, 0.3) is 0 Å². The second-order valence-corrected chi connectivity index (χ2v) is 23.6. The summed E-state index contributed by atoms with van der Waals surface area (Å²) >= 11 is 0. The van der Waals surface area contributed by atoms with E-state index in [0.29, 0.717) is 12.8 Å². The maximum Gasteiger partial charge on any atom is 0.220 e. The summed E-state index contributed by atoms with van der Waals surface area (Å²) in [6.45, 7) is 3.74. The van der Waals surface area contributed by atoms with E-state index >= 15 is 0 Å². The third-order valence-corrected chi connectivity index (χ3v) is 16.0. The van der Waals surface area contributed by atoms with Crippen molar-refractivity contribution in [2.75, 3.05) is 13.2 Å². The summed E-state index contributed by atoms with van der Waals surface area (Å²) in [6.07, 6.45) is 79.3. The molecule has 470 valence electrons. The van der Waals surface area contributed by atoms with Gasteiger partial charge in [-0.15, -0.1) is 0 Å². The molecule has 1 amide bonds. The Labute approximate surface area is 499 Å². The number of ether oxygens (including phenoxy) is 2. The third kappa shape index (κ3) is 49.4. The Hall–Kier alpha value is -2.63. The normalized spacial score (nSPS) is 18.9. The predicted molar refractivity (Wildman–Crippen MR) is 345 cm³/mol. The molecule has 0 radical (unpaired) electrons. The van der Waals surface area contributed by atoms with Gasteiger partial charge in [0, 0.05) is 6.42 Å². The van der Waals surface area contributed by atoms with E-state index in [1.807, 2.05) is 0 Å². The molecule has 0 aromatic rings. The maximum absolute atomic E-state index is 13.1. The molecular weight excluding hydrogens is 1010 g/mol. The van der Waals surface area contributed by atoms with Crippen molar-refractivity contribution in [3.63, 3.8) is 0 Å². The van der Waals surface area contributed by atoms with Gasteiger partial charge in [-0.05, 0) is 70.6 Å². The van der Waals surface area contributed by atoms with E-state index in [-0.39, 0.29) is 12.5 Å². The van der Waals surface area contributed by atoms with Gasteiger partial charge in [-0.2, -0.15) is 0 Å². The fourth-order valence-corrected chi connectivity index (χ4v) is 10.7. The number of rotatable bonds is 59. The quantitative estimate of drug-likeness (QED) is 0.0261. The molecule has 1 aliphatic heterocycles. The first-order valence-electron chi connectivity index (χ1n) is 34.3. The predicted octanol–water partition coefficient (Wildman–Crippen LogP) is 18.5. The van der Waals surface area contributed by atoms with Crippen LogP contribution < -0.4 is 5.32 Å². The second kappa shape index (κ2) is 60.5. The molecule has 0 aromatic heterocycles. The molecule has 0 aromatic carbocycles. The van der Waals surface area contributed by atoms with Gasteiger partial charge >= 0.3 is 0 Å². The van der Waals surface area contributed by atoms with Crippen LogP contribution >= 0.6 is 0 Å². The van der Waals surface area contributed by atoms with Crippen molar-refractivity contribution in [3.05, 3.63) is 85.1 Å². The van der Waals surface area contributed by atoms with Crippen LogP contribution in [0.25, 0.3) is 0 Å². The van der Waals surface area contributed by atoms with Crippen molar-refractivity contribution in [2.24, 2.45) is 0 Å². The number of nitrogens with one attached hydrogen (secondary N) is 1.